The van der Waals surface area contributed by atoms with Crippen LogP contribution in [0.1, 0.15) is 21.5 Å². The summed E-state index contributed by atoms with van der Waals surface area (Å²) in [5, 5.41) is 6.43. The van der Waals surface area contributed by atoms with Crippen molar-refractivity contribution < 1.29 is 49.5 Å². The second-order valence-electron chi connectivity index (χ2n) is 9.33. The first-order valence-electron chi connectivity index (χ1n) is 13.0. The van der Waals surface area contributed by atoms with Crippen molar-refractivity contribution in [3.8, 4) is 0 Å². The maximum atomic E-state index is 14.5. The van der Waals surface area contributed by atoms with Gasteiger partial charge in [0.1, 0.15) is 22.8 Å². The lowest BCUT2D eigenvalue weighted by Crippen LogP contribution is -2.30. The van der Waals surface area contributed by atoms with Crippen LogP contribution < -0.4 is 16.0 Å². The third kappa shape index (κ3) is 8.48. The van der Waals surface area contributed by atoms with Gasteiger partial charge in [0, 0.05) is 21.7 Å². The molecule has 0 spiro atoms. The summed E-state index contributed by atoms with van der Waals surface area (Å²) < 4.78 is 109. The monoisotopic (exact) mass is 699 g/mol. The number of hydrogen-bond acceptors (Lipinski definition) is 4. The molecular weight excluding hydrogens is 682 g/mol. The Hall–Kier alpha value is -4.89. The summed E-state index contributed by atoms with van der Waals surface area (Å²) in [6.45, 7) is 0. The van der Waals surface area contributed by atoms with Crippen molar-refractivity contribution in [2.75, 3.05) is 16.4 Å². The minimum absolute atomic E-state index is 0.0336. The van der Waals surface area contributed by atoms with Crippen LogP contribution in [0.4, 0.5) is 46.5 Å². The van der Waals surface area contributed by atoms with E-state index < -0.39 is 70.0 Å². The average molecular weight is 700 g/mol. The molecule has 16 heteroatoms. The zero-order valence-corrected chi connectivity index (χ0v) is 24.8. The van der Waals surface area contributed by atoms with E-state index >= 15 is 0 Å². The van der Waals surface area contributed by atoms with Crippen LogP contribution in [0.3, 0.4) is 0 Å². The molecular formula is C31H18ClF8N3O3S. The highest BCUT2D eigenvalue weighted by Crippen LogP contribution is 2.38. The normalized spacial score (nSPS) is 11.6. The lowest BCUT2D eigenvalue weighted by molar-refractivity contribution is -0.143. The highest BCUT2D eigenvalue weighted by Gasteiger charge is 2.42. The van der Waals surface area contributed by atoms with E-state index in [2.05, 4.69) is 10.6 Å². The van der Waals surface area contributed by atoms with Gasteiger partial charge in [0.15, 0.2) is 23.3 Å². The molecule has 0 aromatic heterocycles. The number of benzene rings is 4. The number of thioether (sulfide) groups is 1. The Balaban J connectivity index is 1.45. The molecule has 0 saturated heterocycles. The summed E-state index contributed by atoms with van der Waals surface area (Å²) >= 11 is 6.85. The summed E-state index contributed by atoms with van der Waals surface area (Å²) in [7, 11) is 0. The van der Waals surface area contributed by atoms with Gasteiger partial charge in [-0.2, -0.15) is 13.2 Å². The predicted octanol–water partition coefficient (Wildman–Crippen LogP) is 8.19. The summed E-state index contributed by atoms with van der Waals surface area (Å²) in [6.07, 6.45) is -4.68. The van der Waals surface area contributed by atoms with Gasteiger partial charge in [-0.25, -0.2) is 22.0 Å². The number of carbonyl (C=O) groups excluding carboxylic acids is 3. The molecule has 4 rings (SSSR count). The molecule has 0 aliphatic carbocycles. The summed E-state index contributed by atoms with van der Waals surface area (Å²) in [5.74, 6) is -14.4. The van der Waals surface area contributed by atoms with Crippen molar-refractivity contribution in [3.05, 3.63) is 129 Å². The van der Waals surface area contributed by atoms with E-state index in [0.29, 0.717) is 4.90 Å². The van der Waals surface area contributed by atoms with Crippen LogP contribution in [0.15, 0.2) is 83.4 Å². The molecule has 3 N–H and O–H groups in total. The molecule has 4 aromatic rings. The molecule has 0 aliphatic rings. The number of rotatable bonds is 9. The Labute approximate surface area is 269 Å². The van der Waals surface area contributed by atoms with E-state index in [1.165, 1.54) is 53.8 Å². The largest absolute Gasteiger partial charge is 0.422 e. The van der Waals surface area contributed by atoms with Crippen LogP contribution in [0, 0.1) is 29.1 Å². The molecule has 0 bridgehead atoms. The summed E-state index contributed by atoms with van der Waals surface area (Å²) in [6, 6.07) is 17.2. The molecule has 3 amide bonds. The third-order valence-electron chi connectivity index (χ3n) is 6.11. The van der Waals surface area contributed by atoms with Crippen LogP contribution in [-0.2, 0) is 15.8 Å². The second kappa shape index (κ2) is 14.7. The van der Waals surface area contributed by atoms with Crippen LogP contribution in [0.25, 0.3) is 6.08 Å². The fourth-order valence-electron chi connectivity index (χ4n) is 3.88. The highest BCUT2D eigenvalue weighted by molar-refractivity contribution is 8.00. The molecule has 0 aliphatic heterocycles. The molecule has 6 nitrogen and oxygen atoms in total. The van der Waals surface area contributed by atoms with Crippen molar-refractivity contribution in [2.24, 2.45) is 0 Å². The highest BCUT2D eigenvalue weighted by atomic mass is 35.5. The standard InChI is InChI=1S/C31H18ClF8N3O3S/c32-19-7-4-8-20(33)18(19)13-21(42-29(45)15-5-2-1-3-6-15)30(46)41-16-9-11-17(12-10-16)47-14-22(44)43-28-26(36)24(34)23(31(38,39)40)25(35)27(28)37/h1-13H,14H2,(H,41,46)(H,42,45)(H,43,44)/b21-13-. The van der Waals surface area contributed by atoms with Crippen LogP contribution in [0.2, 0.25) is 5.02 Å². The molecule has 0 heterocycles. The number of carbonyl (C=O) groups is 3. The van der Waals surface area contributed by atoms with Gasteiger partial charge in [0.25, 0.3) is 11.8 Å². The van der Waals surface area contributed by atoms with E-state index in [9.17, 15) is 49.5 Å². The van der Waals surface area contributed by atoms with Crippen molar-refractivity contribution >= 4 is 58.5 Å². The van der Waals surface area contributed by atoms with E-state index in [-0.39, 0.29) is 27.5 Å². The zero-order valence-electron chi connectivity index (χ0n) is 23.2. The first-order valence-corrected chi connectivity index (χ1v) is 14.3. The van der Waals surface area contributed by atoms with Gasteiger partial charge in [-0.1, -0.05) is 35.9 Å². The number of hydrogen-bond donors (Lipinski definition) is 3. The molecule has 47 heavy (non-hydrogen) atoms. The Morgan fingerprint density at radius 3 is 1.96 bits per heavy atom. The molecule has 0 unspecified atom stereocenters. The Morgan fingerprint density at radius 2 is 1.38 bits per heavy atom. The zero-order chi connectivity index (χ0) is 34.5. The van der Waals surface area contributed by atoms with Crippen LogP contribution >= 0.6 is 23.4 Å². The van der Waals surface area contributed by atoms with Crippen molar-refractivity contribution in [2.45, 2.75) is 11.1 Å². The number of nitrogens with one attached hydrogen (secondary N) is 3. The minimum Gasteiger partial charge on any atom is -0.321 e. The van der Waals surface area contributed by atoms with Crippen molar-refractivity contribution in [1.82, 2.24) is 5.32 Å². The SMILES string of the molecule is O=C(CSc1ccc(NC(=O)/C(=C/c2c(F)cccc2Cl)NC(=O)c2ccccc2)cc1)Nc1c(F)c(F)c(C(F)(F)F)c(F)c1F. The average Bonchev–Trinajstić information content (AvgIpc) is 3.02. The molecule has 0 radical (unpaired) electrons. The first-order chi connectivity index (χ1) is 22.2. The number of alkyl halides is 3. The van der Waals surface area contributed by atoms with Gasteiger partial charge in [-0.15, -0.1) is 11.8 Å². The van der Waals surface area contributed by atoms with Gasteiger partial charge in [0.05, 0.1) is 10.8 Å². The third-order valence-corrected chi connectivity index (χ3v) is 7.45. The number of amides is 3. The maximum Gasteiger partial charge on any atom is 0.422 e. The van der Waals surface area contributed by atoms with Gasteiger partial charge < -0.3 is 16.0 Å². The first kappa shape index (κ1) is 35.0. The predicted molar refractivity (Wildman–Crippen MR) is 159 cm³/mol. The number of anilines is 2. The quantitative estimate of drug-likeness (QED) is 0.0712. The number of halogens is 9. The van der Waals surface area contributed by atoms with Crippen molar-refractivity contribution in [1.29, 1.82) is 0 Å². The van der Waals surface area contributed by atoms with Crippen LogP contribution in [-0.4, -0.2) is 23.5 Å². The van der Waals surface area contributed by atoms with Crippen LogP contribution in [0.5, 0.6) is 0 Å². The fraction of sp³-hybridized carbons (Fsp3) is 0.0645. The van der Waals surface area contributed by atoms with Gasteiger partial charge >= 0.3 is 6.18 Å². The fourth-order valence-corrected chi connectivity index (χ4v) is 4.80. The maximum absolute atomic E-state index is 14.5. The molecule has 0 fully saturated rings. The Kier molecular flexibility index (Phi) is 10.9. The van der Waals surface area contributed by atoms with E-state index in [1.54, 1.807) is 18.2 Å². The lowest BCUT2D eigenvalue weighted by atomic mass is 10.1. The topological polar surface area (TPSA) is 87.3 Å². The minimum atomic E-state index is -5.73. The van der Waals surface area contributed by atoms with Gasteiger partial charge in [-0.05, 0) is 54.6 Å². The van der Waals surface area contributed by atoms with Gasteiger partial charge in [0.2, 0.25) is 5.91 Å². The van der Waals surface area contributed by atoms with E-state index in [1.807, 2.05) is 0 Å². The molecule has 0 atom stereocenters. The molecule has 4 aromatic carbocycles. The summed E-state index contributed by atoms with van der Waals surface area (Å²) in [4.78, 5) is 38.5. The lowest BCUT2D eigenvalue weighted by Gasteiger charge is -2.14. The van der Waals surface area contributed by atoms with Crippen molar-refractivity contribution in [3.63, 3.8) is 0 Å². The molecule has 244 valence electrons. The Morgan fingerprint density at radius 1 is 0.766 bits per heavy atom. The van der Waals surface area contributed by atoms with E-state index in [4.69, 9.17) is 11.6 Å². The second-order valence-corrected chi connectivity index (χ2v) is 10.8. The molecule has 0 saturated carbocycles. The Bertz CT molecular complexity index is 1820. The van der Waals surface area contributed by atoms with Gasteiger partial charge in [-0.3, -0.25) is 14.4 Å². The van der Waals surface area contributed by atoms with E-state index in [0.717, 1.165) is 23.9 Å². The smallest absolute Gasteiger partial charge is 0.321 e. The summed E-state index contributed by atoms with van der Waals surface area (Å²) in [5.41, 5.74) is -4.66.